The molecule has 0 radical (unpaired) electrons. The molecule has 3 aliphatic carbocycles. The zero-order valence-electron chi connectivity index (χ0n) is 11.0. The van der Waals surface area contributed by atoms with E-state index in [0.29, 0.717) is 6.04 Å². The Labute approximate surface area is 106 Å². The summed E-state index contributed by atoms with van der Waals surface area (Å²) < 4.78 is 0. The number of terminal acetylenes is 1. The van der Waals surface area contributed by atoms with Gasteiger partial charge in [0.1, 0.15) is 0 Å². The zero-order valence-corrected chi connectivity index (χ0v) is 11.0. The minimum atomic E-state index is 0.559. The second-order valence-corrected chi connectivity index (χ2v) is 6.44. The second-order valence-electron chi connectivity index (χ2n) is 6.44. The Kier molecular flexibility index (Phi) is 3.17. The van der Waals surface area contributed by atoms with E-state index in [-0.39, 0.29) is 0 Å². The van der Waals surface area contributed by atoms with E-state index >= 15 is 0 Å². The molecular formula is C16H25N. The summed E-state index contributed by atoms with van der Waals surface area (Å²) in [4.78, 5) is 0. The predicted octanol–water partition coefficient (Wildman–Crippen LogP) is 3.20. The predicted molar refractivity (Wildman–Crippen MR) is 71.5 cm³/mol. The van der Waals surface area contributed by atoms with E-state index in [1.54, 1.807) is 0 Å². The summed E-state index contributed by atoms with van der Waals surface area (Å²) in [5.41, 5.74) is 0. The lowest BCUT2D eigenvalue weighted by atomic mass is 9.79. The van der Waals surface area contributed by atoms with Gasteiger partial charge in [-0.25, -0.2) is 0 Å². The van der Waals surface area contributed by atoms with Crippen molar-refractivity contribution >= 4 is 0 Å². The first kappa shape index (κ1) is 11.6. The van der Waals surface area contributed by atoms with Gasteiger partial charge < -0.3 is 5.32 Å². The van der Waals surface area contributed by atoms with Gasteiger partial charge in [-0.15, -0.1) is 12.3 Å². The Morgan fingerprint density at radius 1 is 1.24 bits per heavy atom. The molecule has 0 aromatic rings. The fraction of sp³-hybridized carbons (Fsp3) is 0.875. The third-order valence-electron chi connectivity index (χ3n) is 5.74. The first-order valence-corrected chi connectivity index (χ1v) is 7.53. The average molecular weight is 231 g/mol. The van der Waals surface area contributed by atoms with Gasteiger partial charge in [0.25, 0.3) is 0 Å². The van der Waals surface area contributed by atoms with Gasteiger partial charge in [0.2, 0.25) is 0 Å². The molecule has 0 heterocycles. The van der Waals surface area contributed by atoms with Crippen molar-refractivity contribution in [1.82, 2.24) is 5.32 Å². The normalized spacial score (nSPS) is 44.6. The molecule has 3 aliphatic rings. The summed E-state index contributed by atoms with van der Waals surface area (Å²) in [5.74, 6) is 7.02. The van der Waals surface area contributed by atoms with E-state index in [1.807, 2.05) is 0 Å². The van der Waals surface area contributed by atoms with Crippen molar-refractivity contribution < 1.29 is 0 Å². The van der Waals surface area contributed by atoms with Crippen molar-refractivity contribution in [3.63, 3.8) is 0 Å². The van der Waals surface area contributed by atoms with Crippen molar-refractivity contribution in [2.24, 2.45) is 23.7 Å². The van der Waals surface area contributed by atoms with Crippen molar-refractivity contribution in [3.05, 3.63) is 0 Å². The largest absolute Gasteiger partial charge is 0.310 e. The molecule has 1 nitrogen and oxygen atoms in total. The standard InChI is InChI=1S/C16H25N/c1-3-6-12(4-2)17-16-10-11-9-15(16)14-8-5-7-13(11)14/h1,11-17H,4-10H2,2H3. The van der Waals surface area contributed by atoms with Crippen LogP contribution in [0.25, 0.3) is 0 Å². The molecule has 1 N–H and O–H groups in total. The van der Waals surface area contributed by atoms with Crippen molar-refractivity contribution in [2.45, 2.75) is 64.0 Å². The van der Waals surface area contributed by atoms with Gasteiger partial charge in [0.15, 0.2) is 0 Å². The summed E-state index contributed by atoms with van der Waals surface area (Å²) in [6.07, 6.45) is 15.0. The highest BCUT2D eigenvalue weighted by atomic mass is 15.0. The van der Waals surface area contributed by atoms with Crippen LogP contribution in [0.15, 0.2) is 0 Å². The van der Waals surface area contributed by atoms with Crippen LogP contribution in [0, 0.1) is 36.0 Å². The lowest BCUT2D eigenvalue weighted by molar-refractivity contribution is 0.197. The molecule has 0 aromatic carbocycles. The summed E-state index contributed by atoms with van der Waals surface area (Å²) >= 11 is 0. The number of nitrogens with one attached hydrogen (secondary N) is 1. The van der Waals surface area contributed by atoms with Gasteiger partial charge in [0.05, 0.1) is 0 Å². The molecule has 6 unspecified atom stereocenters. The number of hydrogen-bond acceptors (Lipinski definition) is 1. The molecule has 17 heavy (non-hydrogen) atoms. The van der Waals surface area contributed by atoms with E-state index in [9.17, 15) is 0 Å². The van der Waals surface area contributed by atoms with E-state index in [2.05, 4.69) is 18.2 Å². The van der Waals surface area contributed by atoms with Crippen LogP contribution in [0.5, 0.6) is 0 Å². The summed E-state index contributed by atoms with van der Waals surface area (Å²) in [5, 5.41) is 3.87. The van der Waals surface area contributed by atoms with Gasteiger partial charge in [-0.3, -0.25) is 0 Å². The molecular weight excluding hydrogens is 206 g/mol. The minimum Gasteiger partial charge on any atom is -0.310 e. The Bertz CT molecular complexity index is 316. The van der Waals surface area contributed by atoms with Crippen LogP contribution in [-0.4, -0.2) is 12.1 Å². The van der Waals surface area contributed by atoms with E-state index < -0.39 is 0 Å². The molecule has 0 aromatic heterocycles. The maximum absolute atomic E-state index is 5.45. The summed E-state index contributed by atoms with van der Waals surface area (Å²) in [6.45, 7) is 2.25. The highest BCUT2D eigenvalue weighted by Crippen LogP contribution is 2.58. The zero-order chi connectivity index (χ0) is 11.8. The third kappa shape index (κ3) is 1.91. The second kappa shape index (κ2) is 4.65. The lowest BCUT2D eigenvalue weighted by Gasteiger charge is -2.34. The molecule has 1 heteroatoms. The van der Waals surface area contributed by atoms with Crippen LogP contribution in [-0.2, 0) is 0 Å². The van der Waals surface area contributed by atoms with Crippen LogP contribution in [0.4, 0.5) is 0 Å². The van der Waals surface area contributed by atoms with Crippen molar-refractivity contribution in [1.29, 1.82) is 0 Å². The van der Waals surface area contributed by atoms with Crippen LogP contribution >= 0.6 is 0 Å². The average Bonchev–Trinajstić information content (AvgIpc) is 2.99. The Balaban J connectivity index is 1.62. The van der Waals surface area contributed by atoms with E-state index in [0.717, 1.165) is 36.1 Å². The van der Waals surface area contributed by atoms with E-state index in [4.69, 9.17) is 6.42 Å². The SMILES string of the molecule is C#CCC(CC)NC1CC2CC1C1CCCC21. The maximum atomic E-state index is 5.45. The third-order valence-corrected chi connectivity index (χ3v) is 5.74. The quantitative estimate of drug-likeness (QED) is 0.733. The highest BCUT2D eigenvalue weighted by molar-refractivity contribution is 5.06. The van der Waals surface area contributed by atoms with Crippen LogP contribution in [0.3, 0.4) is 0 Å². The summed E-state index contributed by atoms with van der Waals surface area (Å²) in [6, 6.07) is 1.35. The Morgan fingerprint density at radius 3 is 2.82 bits per heavy atom. The van der Waals surface area contributed by atoms with Gasteiger partial charge in [-0.05, 0) is 55.8 Å². The summed E-state index contributed by atoms with van der Waals surface area (Å²) in [7, 11) is 0. The number of hydrogen-bond donors (Lipinski definition) is 1. The molecule has 3 fully saturated rings. The minimum absolute atomic E-state index is 0.559. The van der Waals surface area contributed by atoms with Crippen LogP contribution in [0.1, 0.15) is 51.9 Å². The lowest BCUT2D eigenvalue weighted by Crippen LogP contribution is -2.44. The van der Waals surface area contributed by atoms with Crippen molar-refractivity contribution in [3.8, 4) is 12.3 Å². The Morgan fingerprint density at radius 2 is 2.06 bits per heavy atom. The first-order valence-electron chi connectivity index (χ1n) is 7.53. The molecule has 0 aliphatic heterocycles. The number of rotatable bonds is 4. The molecule has 3 saturated carbocycles. The molecule has 3 rings (SSSR count). The fourth-order valence-electron chi connectivity index (χ4n) is 5.03. The van der Waals surface area contributed by atoms with E-state index in [1.165, 1.54) is 38.5 Å². The molecule has 0 saturated heterocycles. The van der Waals surface area contributed by atoms with Gasteiger partial charge in [0, 0.05) is 18.5 Å². The van der Waals surface area contributed by atoms with Gasteiger partial charge in [-0.2, -0.15) is 0 Å². The van der Waals surface area contributed by atoms with Crippen LogP contribution < -0.4 is 5.32 Å². The first-order chi connectivity index (χ1) is 8.33. The van der Waals surface area contributed by atoms with Crippen LogP contribution in [0.2, 0.25) is 0 Å². The highest BCUT2D eigenvalue weighted by Gasteiger charge is 2.53. The maximum Gasteiger partial charge on any atom is 0.0240 e. The van der Waals surface area contributed by atoms with Crippen molar-refractivity contribution in [2.75, 3.05) is 0 Å². The van der Waals surface area contributed by atoms with Gasteiger partial charge >= 0.3 is 0 Å². The molecule has 0 amide bonds. The molecule has 2 bridgehead atoms. The Hall–Kier alpha value is -0.480. The molecule has 0 spiro atoms. The smallest absolute Gasteiger partial charge is 0.0240 e. The molecule has 94 valence electrons. The monoisotopic (exact) mass is 231 g/mol. The fourth-order valence-corrected chi connectivity index (χ4v) is 5.03. The molecule has 6 atom stereocenters. The number of fused-ring (bicyclic) bond motifs is 5. The topological polar surface area (TPSA) is 12.0 Å². The van der Waals surface area contributed by atoms with Gasteiger partial charge in [-0.1, -0.05) is 13.3 Å².